The molecule has 0 saturated carbocycles. The molecule has 2 aromatic carbocycles. The van der Waals surface area contributed by atoms with Gasteiger partial charge in [0.05, 0.1) is 12.7 Å². The van der Waals surface area contributed by atoms with Gasteiger partial charge in [-0.3, -0.25) is 9.69 Å². The third kappa shape index (κ3) is 5.21. The van der Waals surface area contributed by atoms with Crippen molar-refractivity contribution in [2.75, 3.05) is 20.2 Å². The van der Waals surface area contributed by atoms with Crippen molar-refractivity contribution in [2.45, 2.75) is 26.9 Å². The van der Waals surface area contributed by atoms with E-state index in [1.807, 2.05) is 18.2 Å². The van der Waals surface area contributed by atoms with Gasteiger partial charge in [-0.25, -0.2) is 0 Å². The van der Waals surface area contributed by atoms with Gasteiger partial charge in [0.25, 0.3) is 5.91 Å². The van der Waals surface area contributed by atoms with E-state index in [4.69, 9.17) is 16.3 Å². The summed E-state index contributed by atoms with van der Waals surface area (Å²) in [7, 11) is 1.54. The van der Waals surface area contributed by atoms with Gasteiger partial charge in [-0.05, 0) is 42.4 Å². The van der Waals surface area contributed by atoms with Crippen LogP contribution in [0.3, 0.4) is 0 Å². The normalized spacial score (nSPS) is 10.8. The molecule has 0 aliphatic carbocycles. The van der Waals surface area contributed by atoms with Gasteiger partial charge < -0.3 is 10.1 Å². The molecular formula is C20H25ClN2O2. The number of nitrogens with one attached hydrogen (secondary N) is 1. The zero-order valence-corrected chi connectivity index (χ0v) is 15.8. The van der Waals surface area contributed by atoms with Crippen molar-refractivity contribution in [1.82, 2.24) is 10.2 Å². The van der Waals surface area contributed by atoms with Crippen LogP contribution >= 0.6 is 11.6 Å². The Morgan fingerprint density at radius 3 is 2.44 bits per heavy atom. The third-order valence-corrected chi connectivity index (χ3v) is 4.49. The van der Waals surface area contributed by atoms with Gasteiger partial charge in [0.2, 0.25) is 0 Å². The molecule has 0 atom stereocenters. The summed E-state index contributed by atoms with van der Waals surface area (Å²) in [6.07, 6.45) is 0. The summed E-state index contributed by atoms with van der Waals surface area (Å²) in [6, 6.07) is 13.2. The van der Waals surface area contributed by atoms with Gasteiger partial charge in [0, 0.05) is 18.1 Å². The molecule has 0 bridgehead atoms. The van der Waals surface area contributed by atoms with Crippen LogP contribution in [0.1, 0.15) is 35.3 Å². The van der Waals surface area contributed by atoms with Crippen LogP contribution in [-0.4, -0.2) is 31.0 Å². The second kappa shape index (κ2) is 9.44. The topological polar surface area (TPSA) is 41.6 Å². The van der Waals surface area contributed by atoms with E-state index in [1.165, 1.54) is 5.56 Å². The average Bonchev–Trinajstić information content (AvgIpc) is 2.64. The molecule has 2 rings (SSSR count). The van der Waals surface area contributed by atoms with Crippen molar-refractivity contribution < 1.29 is 9.53 Å². The molecule has 0 heterocycles. The highest BCUT2D eigenvalue weighted by atomic mass is 35.5. The molecule has 4 nitrogen and oxygen atoms in total. The number of carbonyl (C=O) groups excluding carboxylic acids is 1. The molecule has 0 radical (unpaired) electrons. The fourth-order valence-corrected chi connectivity index (χ4v) is 2.87. The minimum Gasteiger partial charge on any atom is -0.496 e. The largest absolute Gasteiger partial charge is 0.496 e. The summed E-state index contributed by atoms with van der Waals surface area (Å²) < 4.78 is 5.25. The molecule has 2 aromatic rings. The summed E-state index contributed by atoms with van der Waals surface area (Å²) in [5.41, 5.74) is 2.78. The predicted octanol–water partition coefficient (Wildman–Crippen LogP) is 4.12. The maximum Gasteiger partial charge on any atom is 0.255 e. The van der Waals surface area contributed by atoms with E-state index in [2.05, 4.69) is 30.1 Å². The number of methoxy groups -OCH3 is 1. The fraction of sp³-hybridized carbons (Fsp3) is 0.350. The fourth-order valence-electron chi connectivity index (χ4n) is 2.70. The zero-order chi connectivity index (χ0) is 18.2. The number of hydrogen-bond donors (Lipinski definition) is 1. The van der Waals surface area contributed by atoms with E-state index in [-0.39, 0.29) is 5.91 Å². The first-order valence-corrected chi connectivity index (χ1v) is 8.87. The first-order chi connectivity index (χ1) is 12.1. The van der Waals surface area contributed by atoms with E-state index >= 15 is 0 Å². The molecule has 5 heteroatoms. The minimum atomic E-state index is -0.197. The number of amides is 1. The van der Waals surface area contributed by atoms with Gasteiger partial charge >= 0.3 is 0 Å². The van der Waals surface area contributed by atoms with E-state index in [0.717, 1.165) is 25.2 Å². The average molecular weight is 361 g/mol. The first-order valence-electron chi connectivity index (χ1n) is 8.49. The number of benzene rings is 2. The Balaban J connectivity index is 2.11. The number of ether oxygens (including phenoxy) is 1. The second-order valence-electron chi connectivity index (χ2n) is 5.76. The third-order valence-electron chi connectivity index (χ3n) is 4.25. The summed E-state index contributed by atoms with van der Waals surface area (Å²) >= 11 is 6.01. The molecule has 25 heavy (non-hydrogen) atoms. The van der Waals surface area contributed by atoms with Crippen molar-refractivity contribution in [1.29, 1.82) is 0 Å². The maximum absolute atomic E-state index is 12.5. The Hall–Kier alpha value is -2.04. The van der Waals surface area contributed by atoms with Crippen LogP contribution in [0.2, 0.25) is 5.02 Å². The lowest BCUT2D eigenvalue weighted by atomic mass is 10.1. The van der Waals surface area contributed by atoms with Crippen LogP contribution in [0.4, 0.5) is 0 Å². The molecule has 1 N–H and O–H groups in total. The van der Waals surface area contributed by atoms with Gasteiger partial charge in [0.1, 0.15) is 5.75 Å². The number of nitrogens with zero attached hydrogens (tertiary/aromatic N) is 1. The Morgan fingerprint density at radius 2 is 1.80 bits per heavy atom. The highest BCUT2D eigenvalue weighted by Gasteiger charge is 2.14. The molecule has 0 saturated heterocycles. The smallest absolute Gasteiger partial charge is 0.255 e. The maximum atomic E-state index is 12.5. The first kappa shape index (κ1) is 19.3. The Morgan fingerprint density at radius 1 is 1.12 bits per heavy atom. The van der Waals surface area contributed by atoms with Crippen LogP contribution in [0.5, 0.6) is 5.75 Å². The lowest BCUT2D eigenvalue weighted by Crippen LogP contribution is -2.26. The van der Waals surface area contributed by atoms with Gasteiger partial charge in [0.15, 0.2) is 0 Å². The van der Waals surface area contributed by atoms with Crippen LogP contribution in [0, 0.1) is 0 Å². The molecule has 0 fully saturated rings. The molecule has 0 unspecified atom stereocenters. The van der Waals surface area contributed by atoms with Crippen molar-refractivity contribution in [2.24, 2.45) is 0 Å². The molecule has 0 aromatic heterocycles. The van der Waals surface area contributed by atoms with Crippen molar-refractivity contribution >= 4 is 17.5 Å². The number of hydrogen-bond acceptors (Lipinski definition) is 3. The minimum absolute atomic E-state index is 0.197. The van der Waals surface area contributed by atoms with Gasteiger partial charge in [-0.15, -0.1) is 0 Å². The molecule has 1 amide bonds. The van der Waals surface area contributed by atoms with Gasteiger partial charge in [-0.1, -0.05) is 49.7 Å². The molecule has 134 valence electrons. The summed E-state index contributed by atoms with van der Waals surface area (Å²) in [5.74, 6) is 0.315. The van der Waals surface area contributed by atoms with E-state index < -0.39 is 0 Å². The van der Waals surface area contributed by atoms with E-state index in [9.17, 15) is 4.79 Å². The van der Waals surface area contributed by atoms with E-state index in [1.54, 1.807) is 25.3 Å². The lowest BCUT2D eigenvalue weighted by Gasteiger charge is -2.20. The van der Waals surface area contributed by atoms with Gasteiger partial charge in [-0.2, -0.15) is 0 Å². The molecular weight excluding hydrogens is 336 g/mol. The highest BCUT2D eigenvalue weighted by molar-refractivity contribution is 6.31. The Labute approximate surface area is 154 Å². The quantitative estimate of drug-likeness (QED) is 0.769. The number of halogens is 1. The van der Waals surface area contributed by atoms with Crippen LogP contribution in [0.15, 0.2) is 42.5 Å². The number of carbonyl (C=O) groups is 1. The Bertz CT molecular complexity index is 715. The second-order valence-corrected chi connectivity index (χ2v) is 6.19. The lowest BCUT2D eigenvalue weighted by molar-refractivity contribution is 0.0947. The van der Waals surface area contributed by atoms with Crippen molar-refractivity contribution in [3.63, 3.8) is 0 Å². The molecule has 0 aliphatic rings. The summed E-state index contributed by atoms with van der Waals surface area (Å²) in [4.78, 5) is 14.9. The highest BCUT2D eigenvalue weighted by Crippen LogP contribution is 2.22. The van der Waals surface area contributed by atoms with E-state index in [0.29, 0.717) is 22.9 Å². The van der Waals surface area contributed by atoms with Crippen molar-refractivity contribution in [3.05, 3.63) is 64.2 Å². The standard InChI is InChI=1S/C20H25ClN2O2/c1-4-23(5-2)14-16-9-7-6-8-15(16)13-22-20(24)18-12-17(21)10-11-19(18)25-3/h6-12H,4-5,13-14H2,1-3H3,(H,22,24). The van der Waals surface area contributed by atoms with Crippen LogP contribution in [0.25, 0.3) is 0 Å². The number of rotatable bonds is 8. The zero-order valence-electron chi connectivity index (χ0n) is 15.0. The predicted molar refractivity (Wildman–Crippen MR) is 102 cm³/mol. The Kier molecular flexibility index (Phi) is 7.29. The summed E-state index contributed by atoms with van der Waals surface area (Å²) in [5, 5.41) is 3.48. The molecule has 0 aliphatic heterocycles. The monoisotopic (exact) mass is 360 g/mol. The SMILES string of the molecule is CCN(CC)Cc1ccccc1CNC(=O)c1cc(Cl)ccc1OC. The van der Waals surface area contributed by atoms with Crippen LogP contribution in [-0.2, 0) is 13.1 Å². The molecule has 0 spiro atoms. The van der Waals surface area contributed by atoms with Crippen molar-refractivity contribution in [3.8, 4) is 5.75 Å². The summed E-state index contributed by atoms with van der Waals surface area (Å²) in [6.45, 7) is 7.64. The van der Waals surface area contributed by atoms with Crippen LogP contribution < -0.4 is 10.1 Å².